The highest BCUT2D eigenvalue weighted by molar-refractivity contribution is 8.77. The van der Waals surface area contributed by atoms with Gasteiger partial charge in [-0.25, -0.2) is 9.97 Å². The highest BCUT2D eigenvalue weighted by atomic mass is 35.5. The van der Waals surface area contributed by atoms with Gasteiger partial charge in [0.25, 0.3) is 11.8 Å². The lowest BCUT2D eigenvalue weighted by Gasteiger charge is -2.37. The van der Waals surface area contributed by atoms with Crippen LogP contribution in [0.15, 0.2) is 79.3 Å². The van der Waals surface area contributed by atoms with Crippen LogP contribution in [0.1, 0.15) is 91.7 Å². The molecule has 2 aromatic carbocycles. The van der Waals surface area contributed by atoms with Crippen molar-refractivity contribution in [2.45, 2.75) is 71.5 Å². The molecular formula is C50H57Cl2N11O7S2. The van der Waals surface area contributed by atoms with Crippen LogP contribution in [0.2, 0.25) is 10.0 Å². The molecule has 1 aliphatic heterocycles. The summed E-state index contributed by atoms with van der Waals surface area (Å²) < 4.78 is 7.17. The fraction of sp³-hybridized carbons (Fsp3) is 0.360. The van der Waals surface area contributed by atoms with Crippen LogP contribution in [0.3, 0.4) is 0 Å². The zero-order valence-electron chi connectivity index (χ0n) is 40.6. The predicted octanol–water partition coefficient (Wildman–Crippen LogP) is 8.65. The molecular weight excluding hydrogens is 1000 g/mol. The summed E-state index contributed by atoms with van der Waals surface area (Å²) in [4.78, 5) is 68.9. The number of likely N-dealkylation sites (tertiary alicyclic amines) is 1. The van der Waals surface area contributed by atoms with Crippen LogP contribution in [0, 0.1) is 0 Å². The van der Waals surface area contributed by atoms with E-state index in [1.54, 1.807) is 68.0 Å². The maximum absolute atomic E-state index is 13.5. The Bertz CT molecular complexity index is 2890. The van der Waals surface area contributed by atoms with E-state index in [0.29, 0.717) is 87.7 Å². The molecule has 1 saturated heterocycles. The molecule has 72 heavy (non-hydrogen) atoms. The molecule has 0 unspecified atom stereocenters. The third-order valence-corrected chi connectivity index (χ3v) is 14.5. The molecule has 380 valence electrons. The molecule has 0 bridgehead atoms. The van der Waals surface area contributed by atoms with Crippen molar-refractivity contribution < 1.29 is 34.1 Å². The summed E-state index contributed by atoms with van der Waals surface area (Å²) in [6.45, 7) is 10.9. The topological polar surface area (TPSA) is 233 Å². The van der Waals surface area contributed by atoms with E-state index >= 15 is 0 Å². The van der Waals surface area contributed by atoms with Crippen LogP contribution in [-0.4, -0.2) is 125 Å². The first kappa shape index (κ1) is 53.3. The Morgan fingerprint density at radius 1 is 0.903 bits per heavy atom. The number of esters is 1. The number of piperidine rings is 1. The summed E-state index contributed by atoms with van der Waals surface area (Å²) in [5, 5.41) is 39.7. The average Bonchev–Trinajstić information content (AvgIpc) is 4.03. The quantitative estimate of drug-likeness (QED) is 0.0239. The van der Waals surface area contributed by atoms with E-state index in [1.807, 2.05) is 51.8 Å². The Morgan fingerprint density at radius 2 is 1.67 bits per heavy atom. The van der Waals surface area contributed by atoms with Gasteiger partial charge in [-0.1, -0.05) is 70.8 Å². The number of nitrogens with one attached hydrogen (secondary N) is 4. The summed E-state index contributed by atoms with van der Waals surface area (Å²) in [6.07, 6.45) is 6.27. The number of rotatable bonds is 20. The van der Waals surface area contributed by atoms with Gasteiger partial charge in [-0.3, -0.25) is 23.7 Å². The number of anilines is 2. The number of halogens is 2. The second kappa shape index (κ2) is 24.3. The third-order valence-electron chi connectivity index (χ3n) is 11.9. The van der Waals surface area contributed by atoms with E-state index in [2.05, 4.69) is 41.0 Å². The standard InChI is InChI=1S/C50H57Cl2N11O7S2/c1-7-53-50(69)48-60-59-47(37-19-35(28(2)3)41(64)21-42(37)65)63(48)34-11-12-44(56-23-34)61(6)33-13-15-62(16-14-33)45(66)26-71-72-27-46(67)70-25-40(30-9-8-10-32(51)17-30)58-49(68)39-18-31(22-54-39)36-20-43(57-29(4)5)55-24-38(36)52/h8-12,17-24,28-29,33,40,54,64-65H,7,13-16,25-27H2,1-6H3,(H,53,69)(H,55,57)(H,58,68)/t40-/m1/s1. The number of pyridine rings is 2. The molecule has 22 heteroatoms. The molecule has 5 heterocycles. The number of hydrogen-bond donors (Lipinski definition) is 6. The molecule has 1 aliphatic rings. The summed E-state index contributed by atoms with van der Waals surface area (Å²) in [5.74, 6) is -0.0396. The Balaban J connectivity index is 0.888. The first-order valence-corrected chi connectivity index (χ1v) is 26.6. The van der Waals surface area contributed by atoms with Crippen molar-refractivity contribution in [1.82, 2.24) is 45.2 Å². The molecule has 0 aliphatic carbocycles. The second-order valence-corrected chi connectivity index (χ2v) is 21.0. The summed E-state index contributed by atoms with van der Waals surface area (Å²) in [5.41, 5.74) is 3.70. The SMILES string of the molecule is CCNC(=O)c1nnc(-c2cc(C(C)C)c(O)cc2O)n1-c1ccc(N(C)C2CCN(C(=O)CSSCC(=O)OC[C@@H](NC(=O)c3cc(-c4cc(NC(C)C)ncc4Cl)c[nH]3)c3cccc(Cl)c3)CC2)nc1. The van der Waals surface area contributed by atoms with Gasteiger partial charge in [-0.2, -0.15) is 0 Å². The smallest absolute Gasteiger partial charge is 0.316 e. The number of H-pyrrole nitrogens is 1. The van der Waals surface area contributed by atoms with E-state index in [-0.39, 0.29) is 70.9 Å². The molecule has 0 spiro atoms. The van der Waals surface area contributed by atoms with E-state index in [4.69, 9.17) is 32.9 Å². The number of nitrogens with zero attached hydrogens (tertiary/aromatic N) is 7. The fourth-order valence-corrected chi connectivity index (χ4v) is 10.3. The van der Waals surface area contributed by atoms with Crippen LogP contribution < -0.4 is 20.9 Å². The third kappa shape index (κ3) is 13.1. The van der Waals surface area contributed by atoms with E-state index in [0.717, 1.165) is 0 Å². The van der Waals surface area contributed by atoms with Gasteiger partial charge in [0.15, 0.2) is 5.82 Å². The molecule has 3 amide bonds. The zero-order chi connectivity index (χ0) is 51.6. The van der Waals surface area contributed by atoms with Gasteiger partial charge in [-0.05, 0) is 93.1 Å². The summed E-state index contributed by atoms with van der Waals surface area (Å²) >= 11 is 12.8. The van der Waals surface area contributed by atoms with Gasteiger partial charge in [0.1, 0.15) is 41.2 Å². The second-order valence-electron chi connectivity index (χ2n) is 17.7. The van der Waals surface area contributed by atoms with Gasteiger partial charge < -0.3 is 45.7 Å². The monoisotopic (exact) mass is 1060 g/mol. The number of ether oxygens (including phenoxy) is 1. The largest absolute Gasteiger partial charge is 0.508 e. The van der Waals surface area contributed by atoms with E-state index < -0.39 is 23.8 Å². The van der Waals surface area contributed by atoms with Crippen molar-refractivity contribution in [3.05, 3.63) is 112 Å². The molecule has 6 aromatic rings. The summed E-state index contributed by atoms with van der Waals surface area (Å²) in [7, 11) is 4.45. The maximum Gasteiger partial charge on any atom is 0.316 e. The maximum atomic E-state index is 13.5. The van der Waals surface area contributed by atoms with Gasteiger partial charge in [0.2, 0.25) is 11.7 Å². The van der Waals surface area contributed by atoms with E-state index in [9.17, 15) is 29.4 Å². The Labute approximate surface area is 435 Å². The average molecular weight is 1060 g/mol. The Morgan fingerprint density at radius 3 is 2.36 bits per heavy atom. The highest BCUT2D eigenvalue weighted by Crippen LogP contribution is 2.39. The van der Waals surface area contributed by atoms with E-state index in [1.165, 1.54) is 32.2 Å². The predicted molar refractivity (Wildman–Crippen MR) is 283 cm³/mol. The lowest BCUT2D eigenvalue weighted by molar-refractivity contribution is -0.141. The van der Waals surface area contributed by atoms with Crippen LogP contribution in [0.5, 0.6) is 11.5 Å². The normalized spacial score (nSPS) is 13.3. The van der Waals surface area contributed by atoms with Crippen molar-refractivity contribution in [3.8, 4) is 39.7 Å². The zero-order valence-corrected chi connectivity index (χ0v) is 43.8. The first-order chi connectivity index (χ1) is 34.5. The highest BCUT2D eigenvalue weighted by Gasteiger charge is 2.28. The molecule has 1 fully saturated rings. The van der Waals surface area contributed by atoms with Crippen LogP contribution in [0.4, 0.5) is 11.6 Å². The lowest BCUT2D eigenvalue weighted by Crippen LogP contribution is -2.46. The first-order valence-electron chi connectivity index (χ1n) is 23.3. The molecule has 18 nitrogen and oxygen atoms in total. The molecule has 4 aromatic heterocycles. The van der Waals surface area contributed by atoms with Gasteiger partial charge in [0.05, 0.1) is 34.3 Å². The van der Waals surface area contributed by atoms with Crippen LogP contribution >= 0.6 is 44.8 Å². The van der Waals surface area contributed by atoms with Crippen molar-refractivity contribution in [2.75, 3.05) is 55.0 Å². The Hall–Kier alpha value is -6.48. The number of benzene rings is 2. The van der Waals surface area contributed by atoms with Gasteiger partial charge >= 0.3 is 5.97 Å². The molecule has 1 atom stereocenters. The van der Waals surface area contributed by atoms with Crippen molar-refractivity contribution >= 4 is 80.1 Å². The summed E-state index contributed by atoms with van der Waals surface area (Å²) in [6, 6.07) is 16.5. The Kier molecular flexibility index (Phi) is 18.0. The number of aromatic hydroxyl groups is 2. The fourth-order valence-electron chi connectivity index (χ4n) is 8.12. The van der Waals surface area contributed by atoms with Crippen molar-refractivity contribution in [1.29, 1.82) is 0 Å². The van der Waals surface area contributed by atoms with Gasteiger partial charge in [-0.15, -0.1) is 10.2 Å². The number of aromatic amines is 1. The minimum atomic E-state index is -0.719. The van der Waals surface area contributed by atoms with Crippen molar-refractivity contribution in [3.63, 3.8) is 0 Å². The minimum absolute atomic E-state index is 0.00843. The number of hydrogen-bond acceptors (Lipinski definition) is 15. The minimum Gasteiger partial charge on any atom is -0.508 e. The number of carbonyl (C=O) groups excluding carboxylic acids is 4. The van der Waals surface area contributed by atoms with Crippen molar-refractivity contribution in [2.24, 2.45) is 0 Å². The molecule has 0 saturated carbocycles. The number of amides is 3. The lowest BCUT2D eigenvalue weighted by atomic mass is 9.98. The number of aromatic nitrogens is 6. The van der Waals surface area contributed by atoms with Crippen LogP contribution in [0.25, 0.3) is 28.2 Å². The number of carbonyl (C=O) groups is 4. The molecule has 7 rings (SSSR count). The molecule has 0 radical (unpaired) electrons. The number of phenolic OH excluding ortho intramolecular Hbond substituents is 2. The number of phenols is 2. The molecule has 6 N–H and O–H groups in total. The van der Waals surface area contributed by atoms with Crippen LogP contribution in [-0.2, 0) is 14.3 Å². The van der Waals surface area contributed by atoms with Gasteiger partial charge in [0, 0.05) is 73.4 Å².